The predicted octanol–water partition coefficient (Wildman–Crippen LogP) is -1.63. The van der Waals surface area contributed by atoms with Gasteiger partial charge in [0, 0.05) is 13.7 Å². The largest absolute Gasteiger partial charge is 0.383 e. The number of carbonyl (C=O) groups is 1. The van der Waals surface area contributed by atoms with Gasteiger partial charge in [0.25, 0.3) is 0 Å². The van der Waals surface area contributed by atoms with Gasteiger partial charge in [-0.1, -0.05) is 5.10 Å². The van der Waals surface area contributed by atoms with Crippen LogP contribution >= 0.6 is 0 Å². The summed E-state index contributed by atoms with van der Waals surface area (Å²) in [5, 5.41) is 21.1. The lowest BCUT2D eigenvalue weighted by molar-refractivity contribution is -0.122. The van der Waals surface area contributed by atoms with Crippen molar-refractivity contribution in [2.45, 2.75) is 26.1 Å². The molecule has 0 aliphatic heterocycles. The SMILES string of the molecule is COCCn1cnnc1[C@@H](C)NC(=O)Cn1nnnc1N. The third-order valence-corrected chi connectivity index (χ3v) is 2.80. The van der Waals surface area contributed by atoms with E-state index in [2.05, 4.69) is 31.0 Å². The molecule has 11 nitrogen and oxygen atoms in total. The van der Waals surface area contributed by atoms with Crippen LogP contribution in [0.3, 0.4) is 0 Å². The number of nitrogens with one attached hydrogen (secondary N) is 1. The maximum atomic E-state index is 11.9. The molecule has 2 aromatic rings. The van der Waals surface area contributed by atoms with Crippen LogP contribution in [0.4, 0.5) is 5.95 Å². The van der Waals surface area contributed by atoms with Gasteiger partial charge >= 0.3 is 0 Å². The number of nitrogen functional groups attached to an aromatic ring is 1. The van der Waals surface area contributed by atoms with Crippen LogP contribution < -0.4 is 11.1 Å². The molecule has 21 heavy (non-hydrogen) atoms. The first-order valence-corrected chi connectivity index (χ1v) is 6.29. The second kappa shape index (κ2) is 6.74. The summed E-state index contributed by atoms with van der Waals surface area (Å²) in [6.45, 7) is 2.90. The van der Waals surface area contributed by atoms with E-state index >= 15 is 0 Å². The Kier molecular flexibility index (Phi) is 4.77. The third-order valence-electron chi connectivity index (χ3n) is 2.80. The molecule has 0 saturated heterocycles. The quantitative estimate of drug-likeness (QED) is 0.620. The second-order valence-electron chi connectivity index (χ2n) is 4.36. The number of carbonyl (C=O) groups excluding carboxylic acids is 1. The number of ether oxygens (including phenoxy) is 1. The summed E-state index contributed by atoms with van der Waals surface area (Å²) in [7, 11) is 1.62. The molecule has 114 valence electrons. The van der Waals surface area contributed by atoms with Gasteiger partial charge in [0.1, 0.15) is 12.9 Å². The number of aromatic nitrogens is 7. The van der Waals surface area contributed by atoms with E-state index in [1.807, 2.05) is 11.5 Å². The second-order valence-corrected chi connectivity index (χ2v) is 4.36. The van der Waals surface area contributed by atoms with Crippen molar-refractivity contribution in [1.29, 1.82) is 0 Å². The number of nitrogens with zero attached hydrogens (tertiary/aromatic N) is 7. The fourth-order valence-electron chi connectivity index (χ4n) is 1.77. The van der Waals surface area contributed by atoms with Gasteiger partial charge in [-0.25, -0.2) is 4.68 Å². The van der Waals surface area contributed by atoms with Gasteiger partial charge in [-0.15, -0.1) is 10.2 Å². The van der Waals surface area contributed by atoms with E-state index in [1.165, 1.54) is 4.68 Å². The molecule has 3 N–H and O–H groups in total. The number of methoxy groups -OCH3 is 1. The predicted molar refractivity (Wildman–Crippen MR) is 70.7 cm³/mol. The Labute approximate surface area is 120 Å². The Morgan fingerprint density at radius 3 is 3.00 bits per heavy atom. The molecular weight excluding hydrogens is 278 g/mol. The van der Waals surface area contributed by atoms with E-state index in [-0.39, 0.29) is 24.4 Å². The first kappa shape index (κ1) is 14.8. The number of anilines is 1. The summed E-state index contributed by atoms with van der Waals surface area (Å²) in [6, 6.07) is -0.311. The molecule has 0 aliphatic carbocycles. The lowest BCUT2D eigenvalue weighted by Crippen LogP contribution is -2.32. The summed E-state index contributed by atoms with van der Waals surface area (Å²) in [4.78, 5) is 11.9. The van der Waals surface area contributed by atoms with Crippen molar-refractivity contribution in [2.24, 2.45) is 0 Å². The van der Waals surface area contributed by atoms with Gasteiger partial charge < -0.3 is 20.4 Å². The molecule has 0 aliphatic rings. The maximum absolute atomic E-state index is 11.9. The van der Waals surface area contributed by atoms with Gasteiger partial charge in [0.2, 0.25) is 11.9 Å². The van der Waals surface area contributed by atoms with Crippen LogP contribution in [-0.2, 0) is 22.6 Å². The van der Waals surface area contributed by atoms with Crippen LogP contribution in [0, 0.1) is 0 Å². The minimum Gasteiger partial charge on any atom is -0.383 e. The number of amides is 1. The minimum absolute atomic E-state index is 0.0601. The van der Waals surface area contributed by atoms with Crippen LogP contribution in [0.1, 0.15) is 18.8 Å². The van der Waals surface area contributed by atoms with Crippen LogP contribution in [0.15, 0.2) is 6.33 Å². The Bertz CT molecular complexity index is 593. The standard InChI is InChI=1S/C10H17N9O2/c1-7(9-14-12-6-18(9)3-4-21-2)13-8(20)5-19-10(11)15-16-17-19/h6-7H,3-5H2,1-2H3,(H,13,20)(H2,11,15,17)/t7-/m1/s1. The van der Waals surface area contributed by atoms with E-state index < -0.39 is 0 Å². The molecule has 2 heterocycles. The van der Waals surface area contributed by atoms with Crippen molar-refractivity contribution in [2.75, 3.05) is 19.5 Å². The Morgan fingerprint density at radius 2 is 2.33 bits per heavy atom. The molecule has 0 saturated carbocycles. The normalized spacial score (nSPS) is 12.3. The number of hydrogen-bond donors (Lipinski definition) is 2. The molecular formula is C10H17N9O2. The van der Waals surface area contributed by atoms with Gasteiger partial charge in [-0.3, -0.25) is 4.79 Å². The molecule has 1 atom stereocenters. The topological polar surface area (TPSA) is 139 Å². The van der Waals surface area contributed by atoms with E-state index in [4.69, 9.17) is 10.5 Å². The molecule has 0 unspecified atom stereocenters. The average Bonchev–Trinajstić information content (AvgIpc) is 3.06. The first-order chi connectivity index (χ1) is 10.1. The molecule has 2 rings (SSSR count). The molecule has 1 amide bonds. The zero-order valence-electron chi connectivity index (χ0n) is 11.8. The summed E-state index contributed by atoms with van der Waals surface area (Å²) in [5.74, 6) is 0.453. The maximum Gasteiger partial charge on any atom is 0.242 e. The lowest BCUT2D eigenvalue weighted by atomic mass is 10.3. The Morgan fingerprint density at radius 1 is 1.52 bits per heavy atom. The van der Waals surface area contributed by atoms with Crippen molar-refractivity contribution in [3.05, 3.63) is 12.2 Å². The average molecular weight is 295 g/mol. The number of nitrogens with two attached hydrogens (primary N) is 1. The van der Waals surface area contributed by atoms with Gasteiger partial charge in [0.05, 0.1) is 12.6 Å². The molecule has 0 fully saturated rings. The highest BCUT2D eigenvalue weighted by atomic mass is 16.5. The molecule has 0 bridgehead atoms. The van der Waals surface area contributed by atoms with E-state index in [9.17, 15) is 4.79 Å². The Balaban J connectivity index is 1.94. The van der Waals surface area contributed by atoms with E-state index in [1.54, 1.807) is 13.4 Å². The first-order valence-electron chi connectivity index (χ1n) is 6.29. The fourth-order valence-corrected chi connectivity index (χ4v) is 1.77. The van der Waals surface area contributed by atoms with Crippen LogP contribution in [0.25, 0.3) is 0 Å². The highest BCUT2D eigenvalue weighted by Crippen LogP contribution is 2.08. The van der Waals surface area contributed by atoms with Crippen LogP contribution in [0.2, 0.25) is 0 Å². The number of hydrogen-bond acceptors (Lipinski definition) is 8. The third kappa shape index (κ3) is 3.72. The van der Waals surface area contributed by atoms with E-state index in [0.29, 0.717) is 19.0 Å². The summed E-state index contributed by atoms with van der Waals surface area (Å²) in [5.41, 5.74) is 5.50. The van der Waals surface area contributed by atoms with Crippen LogP contribution in [0.5, 0.6) is 0 Å². The molecule has 2 aromatic heterocycles. The molecule has 0 radical (unpaired) electrons. The van der Waals surface area contributed by atoms with Crippen molar-refractivity contribution >= 4 is 11.9 Å². The highest BCUT2D eigenvalue weighted by molar-refractivity contribution is 5.76. The van der Waals surface area contributed by atoms with Crippen molar-refractivity contribution in [1.82, 2.24) is 40.3 Å². The number of rotatable bonds is 7. The summed E-state index contributed by atoms with van der Waals surface area (Å²) in [6.07, 6.45) is 1.59. The zero-order chi connectivity index (χ0) is 15.2. The van der Waals surface area contributed by atoms with Gasteiger partial charge in [-0.2, -0.15) is 0 Å². The van der Waals surface area contributed by atoms with E-state index in [0.717, 1.165) is 0 Å². The van der Waals surface area contributed by atoms with Crippen molar-refractivity contribution in [3.63, 3.8) is 0 Å². The fraction of sp³-hybridized carbons (Fsp3) is 0.600. The van der Waals surface area contributed by atoms with Crippen LogP contribution in [-0.4, -0.2) is 54.6 Å². The summed E-state index contributed by atoms with van der Waals surface area (Å²) >= 11 is 0. The Hall–Kier alpha value is -2.56. The molecule has 0 spiro atoms. The zero-order valence-corrected chi connectivity index (χ0v) is 11.8. The van der Waals surface area contributed by atoms with Crippen molar-refractivity contribution in [3.8, 4) is 0 Å². The minimum atomic E-state index is -0.311. The smallest absolute Gasteiger partial charge is 0.242 e. The molecule has 0 aromatic carbocycles. The lowest BCUT2D eigenvalue weighted by Gasteiger charge is -2.14. The van der Waals surface area contributed by atoms with Gasteiger partial charge in [0.15, 0.2) is 5.82 Å². The van der Waals surface area contributed by atoms with Crippen molar-refractivity contribution < 1.29 is 9.53 Å². The summed E-state index contributed by atoms with van der Waals surface area (Å²) < 4.78 is 8.04. The number of tetrazole rings is 1. The monoisotopic (exact) mass is 295 g/mol. The molecule has 11 heteroatoms. The highest BCUT2D eigenvalue weighted by Gasteiger charge is 2.16. The van der Waals surface area contributed by atoms with Gasteiger partial charge in [-0.05, 0) is 17.4 Å².